The fraction of sp³-hybridized carbons (Fsp3) is 0.364. The molecular weight excluding hydrogens is 334 g/mol. The van der Waals surface area contributed by atoms with E-state index in [1.165, 1.54) is 40.6 Å². The molecule has 1 aliphatic rings. The van der Waals surface area contributed by atoms with Gasteiger partial charge in [-0.3, -0.25) is 0 Å². The van der Waals surface area contributed by atoms with Crippen molar-refractivity contribution in [3.8, 4) is 11.3 Å². The Labute approximate surface area is 158 Å². The molecule has 0 bridgehead atoms. The molecule has 0 spiro atoms. The lowest BCUT2D eigenvalue weighted by atomic mass is 9.88. The highest BCUT2D eigenvalue weighted by Crippen LogP contribution is 2.37. The number of aromatic nitrogens is 4. The van der Waals surface area contributed by atoms with Crippen LogP contribution in [0.25, 0.3) is 27.7 Å². The lowest BCUT2D eigenvalue weighted by Gasteiger charge is -2.23. The second-order valence-electron chi connectivity index (χ2n) is 7.92. The first-order valence-corrected chi connectivity index (χ1v) is 9.87. The molecule has 0 unspecified atom stereocenters. The average molecular weight is 359 g/mol. The Balaban J connectivity index is 1.66. The molecule has 5 heteroatoms. The molecule has 0 aliphatic carbocycles. The number of hydrogen-bond donors (Lipinski definition) is 2. The predicted molar refractivity (Wildman–Crippen MR) is 109 cm³/mol. The molecule has 1 fully saturated rings. The Hall–Kier alpha value is -2.66. The summed E-state index contributed by atoms with van der Waals surface area (Å²) in [6.07, 6.45) is 6.29. The molecule has 0 radical (unpaired) electrons. The number of benzene rings is 1. The van der Waals surface area contributed by atoms with Crippen molar-refractivity contribution in [3.05, 3.63) is 53.9 Å². The predicted octanol–water partition coefficient (Wildman–Crippen LogP) is 4.47. The highest BCUT2D eigenvalue weighted by molar-refractivity contribution is 5.92. The zero-order valence-corrected chi connectivity index (χ0v) is 15.9. The van der Waals surface area contributed by atoms with Gasteiger partial charge in [0, 0.05) is 22.7 Å². The van der Waals surface area contributed by atoms with Crippen molar-refractivity contribution < 1.29 is 0 Å². The molecule has 1 aromatic carbocycles. The van der Waals surface area contributed by atoms with Crippen LogP contribution in [0.4, 0.5) is 0 Å². The van der Waals surface area contributed by atoms with Gasteiger partial charge in [-0.1, -0.05) is 25.1 Å². The number of nitrogens with one attached hydrogen (secondary N) is 2. The molecule has 5 nitrogen and oxygen atoms in total. The summed E-state index contributed by atoms with van der Waals surface area (Å²) in [5.41, 5.74) is 7.43. The number of pyridine rings is 1. The Morgan fingerprint density at radius 3 is 2.78 bits per heavy atom. The van der Waals surface area contributed by atoms with E-state index in [-0.39, 0.29) is 0 Å². The van der Waals surface area contributed by atoms with Gasteiger partial charge in [-0.2, -0.15) is 0 Å². The summed E-state index contributed by atoms with van der Waals surface area (Å²) in [5, 5.41) is 13.0. The van der Waals surface area contributed by atoms with E-state index in [1.54, 1.807) is 6.20 Å². The van der Waals surface area contributed by atoms with Crippen LogP contribution in [0.5, 0.6) is 0 Å². The van der Waals surface area contributed by atoms with Crippen LogP contribution in [0.2, 0.25) is 0 Å². The Bertz CT molecular complexity index is 1100. The molecule has 0 amide bonds. The standard InChI is InChI=1S/C22H25N5/c1-14(2)21-19-11-16(15-7-9-23-10-8-15)4-6-20(19)25-22(21)17-3-5-18-12-24-26-27(18)13-17/h3-6,11-15,23,25H,7-10H2,1-2H3. The molecule has 1 aliphatic heterocycles. The summed E-state index contributed by atoms with van der Waals surface area (Å²) < 4.78 is 1.84. The molecular formula is C22H25N5. The second-order valence-corrected chi connectivity index (χ2v) is 7.92. The molecule has 138 valence electrons. The van der Waals surface area contributed by atoms with Crippen molar-refractivity contribution in [1.82, 2.24) is 25.1 Å². The minimum atomic E-state index is 0.434. The van der Waals surface area contributed by atoms with E-state index < -0.39 is 0 Å². The number of piperidine rings is 1. The van der Waals surface area contributed by atoms with Crippen LogP contribution >= 0.6 is 0 Å². The second kappa shape index (κ2) is 6.50. The third kappa shape index (κ3) is 2.82. The van der Waals surface area contributed by atoms with Gasteiger partial charge in [0.25, 0.3) is 0 Å². The van der Waals surface area contributed by atoms with Crippen LogP contribution < -0.4 is 5.32 Å². The normalized spacial score (nSPS) is 16.0. The molecule has 1 saturated heterocycles. The van der Waals surface area contributed by atoms with Gasteiger partial charge in [-0.25, -0.2) is 4.52 Å². The summed E-state index contributed by atoms with van der Waals surface area (Å²) in [6, 6.07) is 11.2. The highest BCUT2D eigenvalue weighted by atomic mass is 15.4. The fourth-order valence-corrected chi connectivity index (χ4v) is 4.44. The fourth-order valence-electron chi connectivity index (χ4n) is 4.44. The first kappa shape index (κ1) is 16.5. The van der Waals surface area contributed by atoms with Crippen molar-refractivity contribution in [1.29, 1.82) is 0 Å². The van der Waals surface area contributed by atoms with Crippen LogP contribution in [-0.4, -0.2) is 32.9 Å². The number of fused-ring (bicyclic) bond motifs is 2. The summed E-state index contributed by atoms with van der Waals surface area (Å²) in [7, 11) is 0. The number of hydrogen-bond acceptors (Lipinski definition) is 3. The van der Waals surface area contributed by atoms with E-state index in [1.807, 2.05) is 4.52 Å². The van der Waals surface area contributed by atoms with Gasteiger partial charge in [0.1, 0.15) is 0 Å². The number of H-pyrrole nitrogens is 1. The lowest BCUT2D eigenvalue weighted by molar-refractivity contribution is 0.460. The third-order valence-electron chi connectivity index (χ3n) is 5.84. The SMILES string of the molecule is CC(C)c1c(-c2ccc3cnnn3c2)[nH]c2ccc(C3CCNCC3)cc12. The van der Waals surface area contributed by atoms with Crippen molar-refractivity contribution in [3.63, 3.8) is 0 Å². The lowest BCUT2D eigenvalue weighted by Crippen LogP contribution is -2.26. The maximum atomic E-state index is 4.16. The Kier molecular flexibility index (Phi) is 3.97. The quantitative estimate of drug-likeness (QED) is 0.567. The third-order valence-corrected chi connectivity index (χ3v) is 5.84. The molecule has 4 heterocycles. The molecule has 4 aromatic rings. The zero-order valence-electron chi connectivity index (χ0n) is 15.9. The minimum Gasteiger partial charge on any atom is -0.354 e. The van der Waals surface area contributed by atoms with Crippen LogP contribution in [0.1, 0.15) is 49.7 Å². The van der Waals surface area contributed by atoms with E-state index >= 15 is 0 Å². The van der Waals surface area contributed by atoms with Crippen LogP contribution in [-0.2, 0) is 0 Å². The molecule has 0 atom stereocenters. The molecule has 5 rings (SSSR count). The van der Waals surface area contributed by atoms with Crippen molar-refractivity contribution >= 4 is 16.4 Å². The van der Waals surface area contributed by atoms with E-state index in [2.05, 4.69) is 71.0 Å². The van der Waals surface area contributed by atoms with Crippen molar-refractivity contribution in [2.75, 3.05) is 13.1 Å². The van der Waals surface area contributed by atoms with E-state index in [0.717, 1.165) is 24.2 Å². The van der Waals surface area contributed by atoms with Gasteiger partial charge in [0.2, 0.25) is 0 Å². The van der Waals surface area contributed by atoms with E-state index in [0.29, 0.717) is 11.8 Å². The van der Waals surface area contributed by atoms with Gasteiger partial charge in [0.15, 0.2) is 0 Å². The van der Waals surface area contributed by atoms with Crippen LogP contribution in [0.3, 0.4) is 0 Å². The monoisotopic (exact) mass is 359 g/mol. The Morgan fingerprint density at radius 2 is 1.96 bits per heavy atom. The average Bonchev–Trinajstić information content (AvgIpc) is 3.31. The molecule has 2 N–H and O–H groups in total. The van der Waals surface area contributed by atoms with E-state index in [4.69, 9.17) is 0 Å². The summed E-state index contributed by atoms with van der Waals surface area (Å²) in [5.74, 6) is 1.10. The first-order valence-electron chi connectivity index (χ1n) is 9.87. The topological polar surface area (TPSA) is 58.0 Å². The maximum Gasteiger partial charge on any atom is 0.0865 e. The maximum absolute atomic E-state index is 4.16. The van der Waals surface area contributed by atoms with Gasteiger partial charge < -0.3 is 10.3 Å². The summed E-state index contributed by atoms with van der Waals surface area (Å²) >= 11 is 0. The van der Waals surface area contributed by atoms with Crippen LogP contribution in [0, 0.1) is 0 Å². The number of aromatic amines is 1. The van der Waals surface area contributed by atoms with Gasteiger partial charge in [-0.15, -0.1) is 5.10 Å². The summed E-state index contributed by atoms with van der Waals surface area (Å²) in [4.78, 5) is 3.67. The highest BCUT2D eigenvalue weighted by Gasteiger charge is 2.20. The van der Waals surface area contributed by atoms with Crippen LogP contribution in [0.15, 0.2) is 42.7 Å². The molecule has 0 saturated carbocycles. The smallest absolute Gasteiger partial charge is 0.0865 e. The Morgan fingerprint density at radius 1 is 1.11 bits per heavy atom. The number of nitrogens with zero attached hydrogens (tertiary/aromatic N) is 3. The minimum absolute atomic E-state index is 0.434. The summed E-state index contributed by atoms with van der Waals surface area (Å²) in [6.45, 7) is 6.79. The van der Waals surface area contributed by atoms with Gasteiger partial charge in [-0.05, 0) is 73.2 Å². The zero-order chi connectivity index (χ0) is 18.4. The van der Waals surface area contributed by atoms with Gasteiger partial charge in [0.05, 0.1) is 17.4 Å². The first-order chi connectivity index (χ1) is 13.2. The van der Waals surface area contributed by atoms with Gasteiger partial charge >= 0.3 is 0 Å². The molecule has 27 heavy (non-hydrogen) atoms. The largest absolute Gasteiger partial charge is 0.354 e. The molecule has 3 aromatic heterocycles. The van der Waals surface area contributed by atoms with Crippen molar-refractivity contribution in [2.45, 2.75) is 38.5 Å². The van der Waals surface area contributed by atoms with Crippen molar-refractivity contribution in [2.24, 2.45) is 0 Å². The van der Waals surface area contributed by atoms with E-state index in [9.17, 15) is 0 Å². The number of rotatable bonds is 3.